The third kappa shape index (κ3) is 2.53. The second-order valence-electron chi connectivity index (χ2n) is 5.11. The zero-order chi connectivity index (χ0) is 14.9. The Balaban J connectivity index is 1.67. The third-order valence-corrected chi connectivity index (χ3v) is 6.12. The van der Waals surface area contributed by atoms with E-state index in [-0.39, 0.29) is 12.2 Å². The fourth-order valence-electron chi connectivity index (χ4n) is 2.58. The smallest absolute Gasteiger partial charge is 0.260 e. The normalized spacial score (nSPS) is 14.0. The number of ether oxygens (including phenoxy) is 1. The minimum Gasteiger partial charge on any atom is -0.486 e. The summed E-state index contributed by atoms with van der Waals surface area (Å²) in [5.74, 6) is 2.47. The standard InChI is InChI=1S/C16H14N2O2S2/c19-14-13-11-7-4-8-21-16(11)22-15(13)18-12(17-14)9-20-10-5-2-1-3-6-10/h1-3,5-6H,4,7-9H2,(H,17,18,19). The van der Waals surface area contributed by atoms with Gasteiger partial charge in [-0.15, -0.1) is 23.1 Å². The lowest BCUT2D eigenvalue weighted by Gasteiger charge is -2.09. The highest BCUT2D eigenvalue weighted by Crippen LogP contribution is 2.39. The van der Waals surface area contributed by atoms with Crippen LogP contribution in [0.5, 0.6) is 5.75 Å². The minimum absolute atomic E-state index is 0.0448. The number of nitrogens with zero attached hydrogens (tertiary/aromatic N) is 1. The summed E-state index contributed by atoms with van der Waals surface area (Å²) in [4.78, 5) is 20.7. The van der Waals surface area contributed by atoms with Gasteiger partial charge in [-0.25, -0.2) is 4.98 Å². The van der Waals surface area contributed by atoms with Crippen molar-refractivity contribution in [2.24, 2.45) is 0 Å². The van der Waals surface area contributed by atoms with Crippen LogP contribution in [-0.2, 0) is 13.0 Å². The molecule has 4 nitrogen and oxygen atoms in total. The highest BCUT2D eigenvalue weighted by molar-refractivity contribution is 8.01. The van der Waals surface area contributed by atoms with Gasteiger partial charge in [0.1, 0.15) is 23.0 Å². The first-order valence-corrected chi connectivity index (χ1v) is 8.97. The Kier molecular flexibility index (Phi) is 3.63. The predicted octanol–water partition coefficient (Wildman–Crippen LogP) is 3.60. The Labute approximate surface area is 135 Å². The van der Waals surface area contributed by atoms with E-state index in [2.05, 4.69) is 9.97 Å². The molecular weight excluding hydrogens is 316 g/mol. The maximum atomic E-state index is 12.4. The fraction of sp³-hybridized carbons (Fsp3) is 0.250. The molecule has 1 aliphatic rings. The summed E-state index contributed by atoms with van der Waals surface area (Å²) in [6.45, 7) is 0.269. The quantitative estimate of drug-likeness (QED) is 0.797. The molecule has 0 spiro atoms. The van der Waals surface area contributed by atoms with E-state index in [1.54, 1.807) is 11.3 Å². The van der Waals surface area contributed by atoms with Crippen molar-refractivity contribution in [3.05, 3.63) is 52.1 Å². The number of hydrogen-bond donors (Lipinski definition) is 1. The number of thioether (sulfide) groups is 1. The molecule has 112 valence electrons. The molecule has 0 aliphatic carbocycles. The minimum atomic E-state index is -0.0448. The number of aryl methyl sites for hydroxylation is 1. The SMILES string of the molecule is O=c1[nH]c(COc2ccccc2)nc2sc3c(c12)CCCS3. The molecule has 1 aliphatic heterocycles. The van der Waals surface area contributed by atoms with Gasteiger partial charge >= 0.3 is 0 Å². The van der Waals surface area contributed by atoms with E-state index in [9.17, 15) is 4.79 Å². The van der Waals surface area contributed by atoms with Crippen LogP contribution in [-0.4, -0.2) is 15.7 Å². The van der Waals surface area contributed by atoms with Crippen LogP contribution in [0.1, 0.15) is 17.8 Å². The zero-order valence-corrected chi connectivity index (χ0v) is 13.4. The number of H-pyrrole nitrogens is 1. The van der Waals surface area contributed by atoms with Crippen molar-refractivity contribution in [1.82, 2.24) is 9.97 Å². The summed E-state index contributed by atoms with van der Waals surface area (Å²) in [5.41, 5.74) is 1.14. The molecular formula is C16H14N2O2S2. The average Bonchev–Trinajstić information content (AvgIpc) is 2.92. The fourth-order valence-corrected chi connectivity index (χ4v) is 5.13. The number of nitrogens with one attached hydrogen (secondary N) is 1. The lowest BCUT2D eigenvalue weighted by Crippen LogP contribution is -2.14. The number of rotatable bonds is 3. The largest absolute Gasteiger partial charge is 0.486 e. The highest BCUT2D eigenvalue weighted by atomic mass is 32.2. The summed E-state index contributed by atoms with van der Waals surface area (Å²) < 4.78 is 6.92. The van der Waals surface area contributed by atoms with Gasteiger partial charge in [0.2, 0.25) is 0 Å². The summed E-state index contributed by atoms with van der Waals surface area (Å²) in [5, 5.41) is 0.774. The van der Waals surface area contributed by atoms with Gasteiger partial charge in [-0.2, -0.15) is 0 Å². The Bertz CT molecular complexity index is 871. The molecule has 3 heterocycles. The van der Waals surface area contributed by atoms with Crippen molar-refractivity contribution in [3.63, 3.8) is 0 Å². The summed E-state index contributed by atoms with van der Waals surface area (Å²) >= 11 is 3.46. The Morgan fingerprint density at radius 2 is 2.14 bits per heavy atom. The van der Waals surface area contributed by atoms with E-state index in [0.29, 0.717) is 5.82 Å². The van der Waals surface area contributed by atoms with Crippen molar-refractivity contribution in [2.45, 2.75) is 23.7 Å². The number of hydrogen-bond acceptors (Lipinski definition) is 5. The predicted molar refractivity (Wildman–Crippen MR) is 90.1 cm³/mol. The first kappa shape index (κ1) is 13.8. The van der Waals surface area contributed by atoms with Crippen LogP contribution < -0.4 is 10.3 Å². The van der Waals surface area contributed by atoms with Crippen LogP contribution in [0.4, 0.5) is 0 Å². The Morgan fingerprint density at radius 1 is 1.27 bits per heavy atom. The van der Waals surface area contributed by atoms with Gasteiger partial charge in [0.05, 0.1) is 9.60 Å². The second-order valence-corrected chi connectivity index (χ2v) is 7.48. The Hall–Kier alpha value is -1.79. The number of thiophene rings is 1. The van der Waals surface area contributed by atoms with E-state index in [4.69, 9.17) is 4.74 Å². The van der Waals surface area contributed by atoms with E-state index < -0.39 is 0 Å². The monoisotopic (exact) mass is 330 g/mol. The van der Waals surface area contributed by atoms with Gasteiger partial charge in [-0.1, -0.05) is 18.2 Å². The molecule has 22 heavy (non-hydrogen) atoms. The van der Waals surface area contributed by atoms with Gasteiger partial charge in [-0.05, 0) is 36.3 Å². The van der Waals surface area contributed by atoms with Gasteiger partial charge in [0.25, 0.3) is 5.56 Å². The van der Waals surface area contributed by atoms with Crippen molar-refractivity contribution in [1.29, 1.82) is 0 Å². The molecule has 0 bridgehead atoms. The number of fused-ring (bicyclic) bond motifs is 3. The molecule has 0 saturated carbocycles. The van der Waals surface area contributed by atoms with E-state index in [1.165, 1.54) is 9.77 Å². The summed E-state index contributed by atoms with van der Waals surface area (Å²) in [6.07, 6.45) is 2.11. The van der Waals surface area contributed by atoms with Crippen LogP contribution in [0.3, 0.4) is 0 Å². The van der Waals surface area contributed by atoms with Crippen LogP contribution in [0.25, 0.3) is 10.2 Å². The van der Waals surface area contributed by atoms with Crippen molar-refractivity contribution >= 4 is 33.3 Å². The first-order valence-electron chi connectivity index (χ1n) is 7.16. The number of para-hydroxylation sites is 1. The van der Waals surface area contributed by atoms with Gasteiger partial charge < -0.3 is 9.72 Å². The summed E-state index contributed by atoms with van der Waals surface area (Å²) in [6, 6.07) is 9.54. The summed E-state index contributed by atoms with van der Waals surface area (Å²) in [7, 11) is 0. The molecule has 0 unspecified atom stereocenters. The van der Waals surface area contributed by atoms with Crippen LogP contribution in [0, 0.1) is 0 Å². The molecule has 2 aromatic heterocycles. The molecule has 4 rings (SSSR count). The topological polar surface area (TPSA) is 55.0 Å². The lowest BCUT2D eigenvalue weighted by molar-refractivity contribution is 0.296. The molecule has 6 heteroatoms. The molecule has 0 fully saturated rings. The van der Waals surface area contributed by atoms with E-state index in [0.717, 1.165) is 34.6 Å². The molecule has 3 aromatic rings. The molecule has 0 amide bonds. The second kappa shape index (κ2) is 5.78. The van der Waals surface area contributed by atoms with Crippen molar-refractivity contribution in [2.75, 3.05) is 5.75 Å². The van der Waals surface area contributed by atoms with Gasteiger partial charge in [0, 0.05) is 0 Å². The lowest BCUT2D eigenvalue weighted by atomic mass is 10.1. The molecule has 0 saturated heterocycles. The molecule has 0 atom stereocenters. The maximum absolute atomic E-state index is 12.4. The number of benzene rings is 1. The van der Waals surface area contributed by atoms with E-state index in [1.807, 2.05) is 42.1 Å². The highest BCUT2D eigenvalue weighted by Gasteiger charge is 2.20. The third-order valence-electron chi connectivity index (χ3n) is 3.60. The average molecular weight is 330 g/mol. The van der Waals surface area contributed by atoms with Crippen molar-refractivity contribution in [3.8, 4) is 5.75 Å². The van der Waals surface area contributed by atoms with Crippen molar-refractivity contribution < 1.29 is 4.74 Å². The molecule has 1 aromatic carbocycles. The maximum Gasteiger partial charge on any atom is 0.260 e. The zero-order valence-electron chi connectivity index (χ0n) is 11.8. The van der Waals surface area contributed by atoms with Crippen LogP contribution in [0.2, 0.25) is 0 Å². The first-order chi connectivity index (χ1) is 10.8. The van der Waals surface area contributed by atoms with Crippen LogP contribution in [0.15, 0.2) is 39.3 Å². The number of aromatic amines is 1. The molecule has 1 N–H and O–H groups in total. The van der Waals surface area contributed by atoms with Gasteiger partial charge in [-0.3, -0.25) is 4.79 Å². The Morgan fingerprint density at radius 3 is 3.00 bits per heavy atom. The number of aromatic nitrogens is 2. The van der Waals surface area contributed by atoms with E-state index >= 15 is 0 Å². The molecule has 0 radical (unpaired) electrons. The van der Waals surface area contributed by atoms with Crippen LogP contribution >= 0.6 is 23.1 Å². The van der Waals surface area contributed by atoms with Gasteiger partial charge in [0.15, 0.2) is 0 Å².